The van der Waals surface area contributed by atoms with Gasteiger partial charge in [0.05, 0.1) is 26.1 Å². The summed E-state index contributed by atoms with van der Waals surface area (Å²) < 4.78 is 0. The zero-order chi connectivity index (χ0) is 71.0. The summed E-state index contributed by atoms with van der Waals surface area (Å²) in [5.41, 5.74) is -1.54. The maximum atomic E-state index is 15.6. The summed E-state index contributed by atoms with van der Waals surface area (Å²) in [5.74, 6) is -8.02. The Kier molecular flexibility index (Phi) is 30.0. The fourth-order valence-electron chi connectivity index (χ4n) is 15.4. The van der Waals surface area contributed by atoms with Gasteiger partial charge in [0.25, 0.3) is 0 Å². The molecule has 0 aromatic rings. The number of likely N-dealkylation sites (N-methyl/N-ethyl adjacent to an activating group) is 8. The van der Waals surface area contributed by atoms with Crippen molar-refractivity contribution in [2.45, 2.75) is 254 Å². The van der Waals surface area contributed by atoms with Crippen molar-refractivity contribution in [3.05, 3.63) is 0 Å². The highest BCUT2D eigenvalue weighted by Gasteiger charge is 2.50. The summed E-state index contributed by atoms with van der Waals surface area (Å²) in [4.78, 5) is 189. The number of rotatable bonds is 11. The van der Waals surface area contributed by atoms with Crippen molar-refractivity contribution in [3.63, 3.8) is 0 Å². The van der Waals surface area contributed by atoms with E-state index in [1.165, 1.54) is 97.6 Å². The van der Waals surface area contributed by atoms with Gasteiger partial charge in [-0.05, 0) is 126 Å². The highest BCUT2D eigenvalue weighted by molar-refractivity contribution is 6.21. The van der Waals surface area contributed by atoms with Gasteiger partial charge < -0.3 is 60.0 Å². The van der Waals surface area contributed by atoms with Crippen molar-refractivity contribution < 1.29 is 57.5 Å². The van der Waals surface area contributed by atoms with Crippen LogP contribution >= 0.6 is 23.2 Å². The van der Waals surface area contributed by atoms with E-state index in [0.717, 1.165) is 75.5 Å². The van der Waals surface area contributed by atoms with Crippen LogP contribution in [0.5, 0.6) is 0 Å². The first-order valence-corrected chi connectivity index (χ1v) is 36.7. The first-order valence-electron chi connectivity index (χ1n) is 35.9. The molecule has 6 rings (SSSR count). The van der Waals surface area contributed by atoms with Crippen LogP contribution in [0.15, 0.2) is 0 Å². The molecule has 24 nitrogen and oxygen atoms in total. The third kappa shape index (κ3) is 20.4. The molecule has 2 saturated heterocycles. The van der Waals surface area contributed by atoms with Gasteiger partial charge in [-0.1, -0.05) is 91.9 Å². The number of likely N-dealkylation sites (tertiary alicyclic amines) is 1. The lowest BCUT2D eigenvalue weighted by Gasteiger charge is -2.42. The Morgan fingerprint density at radius 2 is 1.14 bits per heavy atom. The van der Waals surface area contributed by atoms with Crippen molar-refractivity contribution in [1.82, 2.24) is 60.0 Å². The maximum Gasteiger partial charge on any atom is 0.248 e. The molecule has 4 saturated carbocycles. The van der Waals surface area contributed by atoms with E-state index in [4.69, 9.17) is 23.2 Å². The lowest BCUT2D eigenvalue weighted by atomic mass is 9.83. The molecule has 0 bridgehead atoms. The number of halogens is 2. The van der Waals surface area contributed by atoms with Gasteiger partial charge in [0.1, 0.15) is 47.8 Å². The molecule has 96 heavy (non-hydrogen) atoms. The third-order valence-corrected chi connectivity index (χ3v) is 23.3. The summed E-state index contributed by atoms with van der Waals surface area (Å²) in [6.07, 6.45) is 15.1. The fourth-order valence-corrected chi connectivity index (χ4v) is 16.0. The van der Waals surface area contributed by atoms with E-state index in [0.29, 0.717) is 70.9 Å². The Morgan fingerprint density at radius 1 is 0.542 bits per heavy atom. The van der Waals surface area contributed by atoms with Gasteiger partial charge in [0.15, 0.2) is 0 Å². The fraction of sp³-hybridized carbons (Fsp3) is 0.829. The molecule has 10 atom stereocenters. The average molecular weight is 1390 g/mol. The van der Waals surface area contributed by atoms with Gasteiger partial charge in [-0.2, -0.15) is 0 Å². The minimum Gasteiger partial charge on any atom is -0.343 e. The molecule has 2 unspecified atom stereocenters. The van der Waals surface area contributed by atoms with Crippen molar-refractivity contribution in [2.75, 3.05) is 89.1 Å². The van der Waals surface area contributed by atoms with Crippen LogP contribution in [0.3, 0.4) is 0 Å². The normalized spacial score (nSPS) is 30.6. The SMILES string of the molecule is CC[C@H](C)[C@@H]1NC(=O)[C@H](C)N(C)C(=O)C[C@@H](C(=O)N2CCCC2)N(C)C(=O)[C@H](C(C)C)N(C)C(=O)C2(CCCC2)NC(=O)[C@H](CC2CCCCC2Cl)N(C)C(=O)[C@H](CCC2CCC(Cl)CC2)NC(=O)CN(C)C(=O)[C@H](CC2CCCCC2)N(C)C(=O)CN(C)C(=O)CN(C)C1=O. The molecule has 0 aromatic carbocycles. The van der Waals surface area contributed by atoms with Gasteiger partial charge >= 0.3 is 0 Å². The molecular weight excluding hydrogens is 1270 g/mol. The quantitative estimate of drug-likeness (QED) is 0.220. The van der Waals surface area contributed by atoms with Gasteiger partial charge in [0.2, 0.25) is 70.9 Å². The number of hydrogen-bond donors (Lipinski definition) is 3. The van der Waals surface area contributed by atoms with Crippen molar-refractivity contribution >= 4 is 94.1 Å². The summed E-state index contributed by atoms with van der Waals surface area (Å²) in [6.45, 7) is 7.98. The van der Waals surface area contributed by atoms with E-state index < -0.39 is 157 Å². The van der Waals surface area contributed by atoms with Gasteiger partial charge in [-0.25, -0.2) is 0 Å². The first kappa shape index (κ1) is 79.2. The number of hydrogen-bond acceptors (Lipinski definition) is 12. The second-order valence-electron chi connectivity index (χ2n) is 29.6. The zero-order valence-corrected chi connectivity index (χ0v) is 61.5. The van der Waals surface area contributed by atoms with Crippen LogP contribution in [-0.4, -0.2) is 263 Å². The molecule has 0 radical (unpaired) electrons. The summed E-state index contributed by atoms with van der Waals surface area (Å²) >= 11 is 13.6. The monoisotopic (exact) mass is 1390 g/mol. The number of carbonyl (C=O) groups excluding carboxylic acids is 12. The predicted molar refractivity (Wildman–Crippen MR) is 368 cm³/mol. The molecular formula is C70H116Cl2N12O12. The number of amides is 12. The van der Waals surface area contributed by atoms with Crippen LogP contribution < -0.4 is 16.0 Å². The molecule has 0 aromatic heterocycles. The zero-order valence-electron chi connectivity index (χ0n) is 60.0. The number of nitrogens with zero attached hydrogens (tertiary/aromatic N) is 9. The van der Waals surface area contributed by atoms with Crippen LogP contribution in [0, 0.1) is 29.6 Å². The lowest BCUT2D eigenvalue weighted by Crippen LogP contribution is -2.65. The molecule has 4 aliphatic carbocycles. The van der Waals surface area contributed by atoms with Gasteiger partial charge in [-0.3, -0.25) is 57.5 Å². The Labute approximate surface area is 581 Å². The Morgan fingerprint density at radius 3 is 1.74 bits per heavy atom. The van der Waals surface area contributed by atoms with Crippen molar-refractivity contribution in [1.29, 1.82) is 0 Å². The molecule has 6 aliphatic rings. The Bertz CT molecular complexity index is 2730. The van der Waals surface area contributed by atoms with Crippen LogP contribution in [-0.2, 0) is 57.5 Å². The number of alkyl halides is 2. The average Bonchev–Trinajstić information content (AvgIpc) is 1.41. The first-order chi connectivity index (χ1) is 45.3. The largest absolute Gasteiger partial charge is 0.343 e. The van der Waals surface area contributed by atoms with Gasteiger partial charge in [-0.15, -0.1) is 23.2 Å². The maximum absolute atomic E-state index is 15.6. The van der Waals surface area contributed by atoms with Crippen molar-refractivity contribution in [3.8, 4) is 0 Å². The lowest BCUT2D eigenvalue weighted by molar-refractivity contribution is -0.156. The Hall–Kier alpha value is -5.78. The van der Waals surface area contributed by atoms with Crippen molar-refractivity contribution in [2.24, 2.45) is 29.6 Å². The second-order valence-corrected chi connectivity index (χ2v) is 30.8. The molecule has 3 N–H and O–H groups in total. The highest BCUT2D eigenvalue weighted by Crippen LogP contribution is 2.37. The van der Waals surface area contributed by atoms with Gasteiger partial charge in [0, 0.05) is 80.2 Å². The van der Waals surface area contributed by atoms with E-state index >= 15 is 19.2 Å². The van der Waals surface area contributed by atoms with Crippen LogP contribution in [0.4, 0.5) is 0 Å². The van der Waals surface area contributed by atoms with Crippen LogP contribution in [0.1, 0.15) is 195 Å². The van der Waals surface area contributed by atoms with E-state index in [2.05, 4.69) is 16.0 Å². The summed E-state index contributed by atoms with van der Waals surface area (Å²) in [7, 11) is 11.7. The number of nitrogens with one attached hydrogen (secondary N) is 3. The Balaban J connectivity index is 1.42. The minimum absolute atomic E-state index is 0.0403. The van der Waals surface area contributed by atoms with E-state index in [1.807, 2.05) is 6.92 Å². The standard InChI is InChI=1S/C70H116Cl2N12O12/c1-14-45(4)60-67(94)78(8)42-58(87)76(6)43-59(88)80(10)54(38-48-24-16-15-17-25-48)65(92)77(7)41-56(85)73-52(33-30-47-28-31-50(71)32-29-47)64(91)81(11)53(39-49-26-18-19-27-51(49)72)63(90)75-70(34-20-21-35-70)69(96)83(13)61(44(2)3)68(95)82(12)55(66(93)84-36-22-23-37-84)40-57(86)79(9)46(5)62(89)74-60/h44-55,60-61H,14-43H2,1-13H3,(H,73,85)(H,74,89)(H,75,90)/t45-,46-,47?,49?,50?,51?,52-,53-,54-,55-,60-,61-/m0/s1. The molecule has 12 amide bonds. The molecule has 2 aliphatic heterocycles. The predicted octanol–water partition coefficient (Wildman–Crippen LogP) is 5.38. The molecule has 2 heterocycles. The summed E-state index contributed by atoms with van der Waals surface area (Å²) in [6, 6.07) is -8.33. The third-order valence-electron chi connectivity index (χ3n) is 22.3. The molecule has 542 valence electrons. The van der Waals surface area contributed by atoms with E-state index in [-0.39, 0.29) is 54.2 Å². The minimum atomic E-state index is -1.54. The highest BCUT2D eigenvalue weighted by atomic mass is 35.5. The van der Waals surface area contributed by atoms with Crippen LogP contribution in [0.2, 0.25) is 0 Å². The molecule has 1 spiro atoms. The van der Waals surface area contributed by atoms with E-state index in [1.54, 1.807) is 25.7 Å². The smallest absolute Gasteiger partial charge is 0.248 e. The summed E-state index contributed by atoms with van der Waals surface area (Å²) in [5, 5.41) is 8.71. The van der Waals surface area contributed by atoms with Crippen LogP contribution in [0.25, 0.3) is 0 Å². The van der Waals surface area contributed by atoms with E-state index in [9.17, 15) is 38.4 Å². The number of carbonyl (C=O) groups is 12. The molecule has 26 heteroatoms. The second kappa shape index (κ2) is 36.3. The topological polar surface area (TPSA) is 270 Å². The molecule has 6 fully saturated rings.